The first kappa shape index (κ1) is 14.7. The van der Waals surface area contributed by atoms with Gasteiger partial charge in [0.1, 0.15) is 6.04 Å². The highest BCUT2D eigenvalue weighted by Gasteiger charge is 2.32. The molecule has 0 radical (unpaired) electrons. The fourth-order valence-corrected chi connectivity index (χ4v) is 2.00. The summed E-state index contributed by atoms with van der Waals surface area (Å²) in [5.41, 5.74) is 5.57. The zero-order valence-corrected chi connectivity index (χ0v) is 10.5. The van der Waals surface area contributed by atoms with Crippen LogP contribution in [-0.4, -0.2) is 40.8 Å². The Morgan fingerprint density at radius 1 is 1.53 bits per heavy atom. The Morgan fingerprint density at radius 3 is 2.60 bits per heavy atom. The Morgan fingerprint density at radius 2 is 2.13 bits per heavy atom. The van der Waals surface area contributed by atoms with Crippen LogP contribution >= 0.6 is 11.8 Å². The van der Waals surface area contributed by atoms with Crippen molar-refractivity contribution in [2.75, 3.05) is 19.0 Å². The molecular weight excluding hydrogens is 214 g/mol. The SMILES string of the molecule is CCCOCCSC(C)(C)[C@@H](N)C(=O)O. The summed E-state index contributed by atoms with van der Waals surface area (Å²) in [6.07, 6.45) is 1.00. The van der Waals surface area contributed by atoms with Crippen LogP contribution in [0, 0.1) is 0 Å². The number of carboxylic acid groups (broad SMARTS) is 1. The molecule has 0 amide bonds. The summed E-state index contributed by atoms with van der Waals surface area (Å²) in [6, 6.07) is -0.839. The molecular formula is C10H21NO3S. The van der Waals surface area contributed by atoms with Crippen LogP contribution in [0.3, 0.4) is 0 Å². The van der Waals surface area contributed by atoms with Crippen LogP contribution in [0.1, 0.15) is 27.2 Å². The summed E-state index contributed by atoms with van der Waals surface area (Å²) in [4.78, 5) is 10.7. The number of nitrogens with two attached hydrogens (primary N) is 1. The van der Waals surface area contributed by atoms with Crippen molar-refractivity contribution in [3.8, 4) is 0 Å². The van der Waals surface area contributed by atoms with Crippen molar-refractivity contribution in [3.63, 3.8) is 0 Å². The maximum atomic E-state index is 10.7. The monoisotopic (exact) mass is 235 g/mol. The van der Waals surface area contributed by atoms with E-state index in [0.717, 1.165) is 18.8 Å². The molecule has 0 unspecified atom stereocenters. The second-order valence-corrected chi connectivity index (χ2v) is 5.63. The lowest BCUT2D eigenvalue weighted by atomic mass is 10.1. The van der Waals surface area contributed by atoms with Gasteiger partial charge in [-0.25, -0.2) is 0 Å². The number of rotatable bonds is 8. The van der Waals surface area contributed by atoms with Crippen molar-refractivity contribution in [1.29, 1.82) is 0 Å². The first-order chi connectivity index (χ1) is 6.91. The van der Waals surface area contributed by atoms with Gasteiger partial charge in [0.2, 0.25) is 0 Å². The molecule has 0 saturated heterocycles. The Bertz CT molecular complexity index is 197. The number of ether oxygens (including phenoxy) is 1. The third kappa shape index (κ3) is 6.02. The summed E-state index contributed by atoms with van der Waals surface area (Å²) in [5.74, 6) is -0.185. The predicted molar refractivity (Wildman–Crippen MR) is 63.3 cm³/mol. The first-order valence-electron chi connectivity index (χ1n) is 5.12. The Labute approximate surface area is 95.6 Å². The van der Waals surface area contributed by atoms with Crippen LogP contribution in [0.5, 0.6) is 0 Å². The van der Waals surface area contributed by atoms with Crippen molar-refractivity contribution in [2.24, 2.45) is 5.73 Å². The molecule has 0 aliphatic carbocycles. The van der Waals surface area contributed by atoms with Crippen molar-refractivity contribution in [2.45, 2.75) is 38.0 Å². The van der Waals surface area contributed by atoms with Gasteiger partial charge in [-0.15, -0.1) is 0 Å². The highest BCUT2D eigenvalue weighted by atomic mass is 32.2. The number of hydrogen-bond donors (Lipinski definition) is 2. The second-order valence-electron chi connectivity index (χ2n) is 3.88. The van der Waals surface area contributed by atoms with Gasteiger partial charge in [0.05, 0.1) is 6.61 Å². The van der Waals surface area contributed by atoms with E-state index in [1.54, 1.807) is 0 Å². The van der Waals surface area contributed by atoms with Crippen molar-refractivity contribution in [1.82, 2.24) is 0 Å². The average Bonchev–Trinajstić information content (AvgIpc) is 2.16. The highest BCUT2D eigenvalue weighted by Crippen LogP contribution is 2.27. The van der Waals surface area contributed by atoms with E-state index in [1.165, 1.54) is 11.8 Å². The predicted octanol–water partition coefficient (Wildman–Crippen LogP) is 1.34. The summed E-state index contributed by atoms with van der Waals surface area (Å²) >= 11 is 1.53. The standard InChI is InChI=1S/C10H21NO3S/c1-4-5-14-6-7-15-10(2,3)8(11)9(12)13/h8H,4-7,11H2,1-3H3,(H,12,13)/t8-/m0/s1. The van der Waals surface area contributed by atoms with E-state index in [1.807, 2.05) is 13.8 Å². The molecule has 0 aliphatic heterocycles. The lowest BCUT2D eigenvalue weighted by Crippen LogP contribution is -2.47. The van der Waals surface area contributed by atoms with E-state index in [4.69, 9.17) is 15.6 Å². The van der Waals surface area contributed by atoms with E-state index >= 15 is 0 Å². The summed E-state index contributed by atoms with van der Waals surface area (Å²) < 4.78 is 4.85. The van der Waals surface area contributed by atoms with Gasteiger partial charge in [0.15, 0.2) is 0 Å². The van der Waals surface area contributed by atoms with Gasteiger partial charge < -0.3 is 15.6 Å². The first-order valence-corrected chi connectivity index (χ1v) is 6.10. The second kappa shape index (κ2) is 7.09. The molecule has 3 N–H and O–H groups in total. The molecule has 4 nitrogen and oxygen atoms in total. The van der Waals surface area contributed by atoms with E-state index in [-0.39, 0.29) is 0 Å². The van der Waals surface area contributed by atoms with E-state index in [2.05, 4.69) is 6.92 Å². The topological polar surface area (TPSA) is 72.5 Å². The van der Waals surface area contributed by atoms with Crippen LogP contribution in [0.15, 0.2) is 0 Å². The number of carbonyl (C=O) groups is 1. The van der Waals surface area contributed by atoms with Gasteiger partial charge in [-0.3, -0.25) is 4.79 Å². The van der Waals surface area contributed by atoms with Crippen LogP contribution in [0.4, 0.5) is 0 Å². The quantitative estimate of drug-likeness (QED) is 0.621. The molecule has 0 aromatic carbocycles. The molecule has 0 saturated carbocycles. The number of aliphatic carboxylic acids is 1. The smallest absolute Gasteiger partial charge is 0.321 e. The zero-order valence-electron chi connectivity index (χ0n) is 9.66. The van der Waals surface area contributed by atoms with Crippen LogP contribution in [0.25, 0.3) is 0 Å². The Balaban J connectivity index is 3.78. The summed E-state index contributed by atoms with van der Waals surface area (Å²) in [7, 11) is 0. The molecule has 0 aliphatic rings. The molecule has 15 heavy (non-hydrogen) atoms. The average molecular weight is 235 g/mol. The third-order valence-corrected chi connectivity index (χ3v) is 3.43. The minimum atomic E-state index is -0.957. The van der Waals surface area contributed by atoms with Crippen molar-refractivity contribution < 1.29 is 14.6 Å². The fourth-order valence-electron chi connectivity index (χ4n) is 0.997. The summed E-state index contributed by atoms with van der Waals surface area (Å²) in [6.45, 7) is 7.14. The molecule has 0 rings (SSSR count). The zero-order chi connectivity index (χ0) is 11.9. The van der Waals surface area contributed by atoms with E-state index in [0.29, 0.717) is 6.61 Å². The maximum absolute atomic E-state index is 10.7. The lowest BCUT2D eigenvalue weighted by molar-refractivity contribution is -0.139. The Hall–Kier alpha value is -0.260. The lowest BCUT2D eigenvalue weighted by Gasteiger charge is -2.27. The number of thioether (sulfide) groups is 1. The Kier molecular flexibility index (Phi) is 6.96. The maximum Gasteiger partial charge on any atom is 0.321 e. The molecule has 1 atom stereocenters. The van der Waals surface area contributed by atoms with Crippen molar-refractivity contribution >= 4 is 17.7 Å². The molecule has 0 fully saturated rings. The van der Waals surface area contributed by atoms with Crippen LogP contribution in [-0.2, 0) is 9.53 Å². The third-order valence-electron chi connectivity index (χ3n) is 2.07. The van der Waals surface area contributed by atoms with Gasteiger partial charge in [0, 0.05) is 17.1 Å². The minimum Gasteiger partial charge on any atom is -0.480 e. The van der Waals surface area contributed by atoms with E-state index < -0.39 is 16.8 Å². The van der Waals surface area contributed by atoms with Crippen LogP contribution < -0.4 is 5.73 Å². The van der Waals surface area contributed by atoms with Gasteiger partial charge in [-0.2, -0.15) is 11.8 Å². The number of carboxylic acids is 1. The molecule has 0 aromatic rings. The highest BCUT2D eigenvalue weighted by molar-refractivity contribution is 8.00. The van der Waals surface area contributed by atoms with Gasteiger partial charge in [-0.05, 0) is 20.3 Å². The normalized spacial score (nSPS) is 13.9. The molecule has 0 heterocycles. The van der Waals surface area contributed by atoms with Crippen LogP contribution in [0.2, 0.25) is 0 Å². The molecule has 0 spiro atoms. The van der Waals surface area contributed by atoms with Gasteiger partial charge in [-0.1, -0.05) is 6.92 Å². The number of hydrogen-bond acceptors (Lipinski definition) is 4. The summed E-state index contributed by atoms with van der Waals surface area (Å²) in [5, 5.41) is 8.79. The van der Waals surface area contributed by atoms with E-state index in [9.17, 15) is 4.79 Å². The molecule has 5 heteroatoms. The molecule has 0 bridgehead atoms. The minimum absolute atomic E-state index is 0.457. The molecule has 0 aromatic heterocycles. The van der Waals surface area contributed by atoms with Gasteiger partial charge in [0.25, 0.3) is 0 Å². The fraction of sp³-hybridized carbons (Fsp3) is 0.900. The molecule has 90 valence electrons. The van der Waals surface area contributed by atoms with Crippen molar-refractivity contribution in [3.05, 3.63) is 0 Å². The largest absolute Gasteiger partial charge is 0.480 e. The van der Waals surface area contributed by atoms with Gasteiger partial charge >= 0.3 is 5.97 Å².